The summed E-state index contributed by atoms with van der Waals surface area (Å²) in [7, 11) is 0. The smallest absolute Gasteiger partial charge is 0.338 e. The van der Waals surface area contributed by atoms with Crippen molar-refractivity contribution in [2.75, 3.05) is 6.61 Å². The number of nitrogens with two attached hydrogens (primary N) is 1. The monoisotopic (exact) mass is 269 g/mol. The number of hydrogen-bond acceptors (Lipinski definition) is 3. The Labute approximate surface area is 119 Å². The van der Waals surface area contributed by atoms with Crippen LogP contribution in [0.25, 0.3) is 11.1 Å². The average molecular weight is 269 g/mol. The van der Waals surface area contributed by atoms with Crippen molar-refractivity contribution in [3.63, 3.8) is 0 Å². The van der Waals surface area contributed by atoms with E-state index in [1.54, 1.807) is 13.0 Å². The second-order valence-corrected chi connectivity index (χ2v) is 4.60. The van der Waals surface area contributed by atoms with Gasteiger partial charge in [-0.05, 0) is 48.2 Å². The van der Waals surface area contributed by atoms with Crippen LogP contribution >= 0.6 is 0 Å². The molecule has 0 saturated carbocycles. The number of rotatable bonds is 4. The minimum atomic E-state index is -0.290. The molecule has 20 heavy (non-hydrogen) atoms. The first-order valence-electron chi connectivity index (χ1n) is 6.73. The Hall–Kier alpha value is -2.13. The topological polar surface area (TPSA) is 52.3 Å². The molecular weight excluding hydrogens is 250 g/mol. The van der Waals surface area contributed by atoms with Crippen LogP contribution in [-0.2, 0) is 11.3 Å². The zero-order valence-corrected chi connectivity index (χ0v) is 11.8. The van der Waals surface area contributed by atoms with Crippen LogP contribution in [0.3, 0.4) is 0 Å². The molecule has 2 aromatic rings. The van der Waals surface area contributed by atoms with Crippen molar-refractivity contribution in [1.29, 1.82) is 0 Å². The van der Waals surface area contributed by atoms with E-state index < -0.39 is 0 Å². The van der Waals surface area contributed by atoms with Gasteiger partial charge in [0.05, 0.1) is 12.2 Å². The molecule has 0 atom stereocenters. The Morgan fingerprint density at radius 3 is 2.65 bits per heavy atom. The van der Waals surface area contributed by atoms with E-state index in [1.807, 2.05) is 36.4 Å². The molecule has 0 radical (unpaired) electrons. The Balaban J connectivity index is 2.44. The number of esters is 1. The molecule has 0 spiro atoms. The summed E-state index contributed by atoms with van der Waals surface area (Å²) in [6, 6.07) is 13.5. The number of carbonyl (C=O) groups is 1. The minimum Gasteiger partial charge on any atom is -0.462 e. The summed E-state index contributed by atoms with van der Waals surface area (Å²) in [5, 5.41) is 0. The molecule has 0 bridgehead atoms. The van der Waals surface area contributed by atoms with Crippen LogP contribution in [0, 0.1) is 6.92 Å². The Morgan fingerprint density at radius 1 is 1.20 bits per heavy atom. The molecular formula is C17H19NO2. The molecule has 0 unspecified atom stereocenters. The van der Waals surface area contributed by atoms with Crippen molar-refractivity contribution in [2.45, 2.75) is 20.4 Å². The van der Waals surface area contributed by atoms with Gasteiger partial charge in [-0.2, -0.15) is 0 Å². The van der Waals surface area contributed by atoms with E-state index in [0.29, 0.717) is 18.7 Å². The summed E-state index contributed by atoms with van der Waals surface area (Å²) in [4.78, 5) is 11.8. The lowest BCUT2D eigenvalue weighted by molar-refractivity contribution is 0.0526. The number of hydrogen-bond donors (Lipinski definition) is 1. The molecule has 2 rings (SSSR count). The lowest BCUT2D eigenvalue weighted by Crippen LogP contribution is -2.04. The molecule has 104 valence electrons. The molecule has 0 saturated heterocycles. The lowest BCUT2D eigenvalue weighted by atomic mass is 9.95. The predicted molar refractivity (Wildman–Crippen MR) is 80.5 cm³/mol. The van der Waals surface area contributed by atoms with Crippen molar-refractivity contribution in [2.24, 2.45) is 5.73 Å². The Kier molecular flexibility index (Phi) is 4.53. The predicted octanol–water partition coefficient (Wildman–Crippen LogP) is 3.30. The highest BCUT2D eigenvalue weighted by atomic mass is 16.5. The highest BCUT2D eigenvalue weighted by Crippen LogP contribution is 2.26. The van der Waals surface area contributed by atoms with E-state index >= 15 is 0 Å². The van der Waals surface area contributed by atoms with Gasteiger partial charge < -0.3 is 10.5 Å². The van der Waals surface area contributed by atoms with Crippen molar-refractivity contribution in [3.05, 3.63) is 59.2 Å². The van der Waals surface area contributed by atoms with Gasteiger partial charge in [-0.15, -0.1) is 0 Å². The van der Waals surface area contributed by atoms with Gasteiger partial charge >= 0.3 is 5.97 Å². The molecule has 0 heterocycles. The number of ether oxygens (including phenoxy) is 1. The Bertz CT molecular complexity index is 620. The molecule has 0 aliphatic carbocycles. The van der Waals surface area contributed by atoms with E-state index in [9.17, 15) is 4.79 Å². The van der Waals surface area contributed by atoms with Crippen LogP contribution < -0.4 is 5.73 Å². The van der Waals surface area contributed by atoms with Crippen molar-refractivity contribution < 1.29 is 9.53 Å². The molecule has 2 N–H and O–H groups in total. The summed E-state index contributed by atoms with van der Waals surface area (Å²) in [6.07, 6.45) is 0. The zero-order chi connectivity index (χ0) is 14.5. The average Bonchev–Trinajstić information content (AvgIpc) is 2.48. The third kappa shape index (κ3) is 2.89. The first kappa shape index (κ1) is 14.3. The van der Waals surface area contributed by atoms with E-state index in [0.717, 1.165) is 22.3 Å². The highest BCUT2D eigenvalue weighted by molar-refractivity contribution is 5.91. The van der Waals surface area contributed by atoms with Crippen LogP contribution in [0.15, 0.2) is 42.5 Å². The van der Waals surface area contributed by atoms with Crippen LogP contribution in [0.5, 0.6) is 0 Å². The molecule has 2 aromatic carbocycles. The van der Waals surface area contributed by atoms with Gasteiger partial charge in [0.25, 0.3) is 0 Å². The third-order valence-corrected chi connectivity index (χ3v) is 3.35. The molecule has 3 nitrogen and oxygen atoms in total. The molecule has 0 aliphatic rings. The van der Waals surface area contributed by atoms with Crippen LogP contribution in [0.4, 0.5) is 0 Å². The van der Waals surface area contributed by atoms with E-state index in [4.69, 9.17) is 10.5 Å². The van der Waals surface area contributed by atoms with Gasteiger partial charge in [0.2, 0.25) is 0 Å². The first-order valence-corrected chi connectivity index (χ1v) is 6.73. The number of benzene rings is 2. The quantitative estimate of drug-likeness (QED) is 0.866. The van der Waals surface area contributed by atoms with Gasteiger partial charge in [-0.1, -0.05) is 30.3 Å². The van der Waals surface area contributed by atoms with Crippen LogP contribution in [0.2, 0.25) is 0 Å². The lowest BCUT2D eigenvalue weighted by Gasteiger charge is -2.11. The summed E-state index contributed by atoms with van der Waals surface area (Å²) in [5.74, 6) is -0.290. The van der Waals surface area contributed by atoms with Gasteiger partial charge in [-0.3, -0.25) is 0 Å². The van der Waals surface area contributed by atoms with Gasteiger partial charge in [-0.25, -0.2) is 4.79 Å². The standard InChI is InChI=1S/C17H19NO2/c1-3-20-17(19)14-7-4-6-13(10-14)16-9-5-8-15(11-18)12(16)2/h4-10H,3,11,18H2,1-2H3. The maximum Gasteiger partial charge on any atom is 0.338 e. The molecule has 0 aromatic heterocycles. The van der Waals surface area contributed by atoms with Gasteiger partial charge in [0.1, 0.15) is 0 Å². The molecule has 3 heteroatoms. The fourth-order valence-corrected chi connectivity index (χ4v) is 2.25. The van der Waals surface area contributed by atoms with Crippen molar-refractivity contribution in [1.82, 2.24) is 0 Å². The Morgan fingerprint density at radius 2 is 1.95 bits per heavy atom. The zero-order valence-electron chi connectivity index (χ0n) is 11.8. The second-order valence-electron chi connectivity index (χ2n) is 4.60. The summed E-state index contributed by atoms with van der Waals surface area (Å²) in [5.41, 5.74) is 10.7. The maximum atomic E-state index is 11.8. The first-order chi connectivity index (χ1) is 9.67. The van der Waals surface area contributed by atoms with Crippen LogP contribution in [-0.4, -0.2) is 12.6 Å². The third-order valence-electron chi connectivity index (χ3n) is 3.35. The van der Waals surface area contributed by atoms with Crippen molar-refractivity contribution in [3.8, 4) is 11.1 Å². The largest absolute Gasteiger partial charge is 0.462 e. The highest BCUT2D eigenvalue weighted by Gasteiger charge is 2.10. The van der Waals surface area contributed by atoms with Gasteiger partial charge in [0.15, 0.2) is 0 Å². The van der Waals surface area contributed by atoms with Crippen LogP contribution in [0.1, 0.15) is 28.4 Å². The van der Waals surface area contributed by atoms with E-state index in [1.165, 1.54) is 0 Å². The van der Waals surface area contributed by atoms with E-state index in [-0.39, 0.29) is 5.97 Å². The molecule has 0 amide bonds. The minimum absolute atomic E-state index is 0.290. The van der Waals surface area contributed by atoms with Gasteiger partial charge in [0, 0.05) is 6.54 Å². The molecule has 0 fully saturated rings. The normalized spacial score (nSPS) is 10.3. The summed E-state index contributed by atoms with van der Waals surface area (Å²) < 4.78 is 5.03. The number of carbonyl (C=O) groups excluding carboxylic acids is 1. The fraction of sp³-hybridized carbons (Fsp3) is 0.235. The fourth-order valence-electron chi connectivity index (χ4n) is 2.25. The van der Waals surface area contributed by atoms with E-state index in [2.05, 4.69) is 6.92 Å². The second kappa shape index (κ2) is 6.35. The SMILES string of the molecule is CCOC(=O)c1cccc(-c2cccc(CN)c2C)c1. The summed E-state index contributed by atoms with van der Waals surface area (Å²) in [6.45, 7) is 4.74. The van der Waals surface area contributed by atoms with Crippen molar-refractivity contribution >= 4 is 5.97 Å². The summed E-state index contributed by atoms with van der Waals surface area (Å²) >= 11 is 0. The maximum absolute atomic E-state index is 11.8. The molecule has 0 aliphatic heterocycles.